The second-order valence-corrected chi connectivity index (χ2v) is 5.05. The molecule has 2 rings (SSSR count). The first-order chi connectivity index (χ1) is 8.65. The summed E-state index contributed by atoms with van der Waals surface area (Å²) in [7, 11) is 0. The Morgan fingerprint density at radius 1 is 1.33 bits per heavy atom. The first-order valence-electron chi connectivity index (χ1n) is 6.74. The highest BCUT2D eigenvalue weighted by Gasteiger charge is 2.16. The van der Waals surface area contributed by atoms with Crippen LogP contribution in [0.25, 0.3) is 0 Å². The molecule has 1 aliphatic heterocycles. The summed E-state index contributed by atoms with van der Waals surface area (Å²) in [6, 6.07) is 2.32. The molecule has 0 saturated carbocycles. The molecule has 0 aliphatic carbocycles. The lowest BCUT2D eigenvalue weighted by molar-refractivity contribution is 0.180. The van der Waals surface area contributed by atoms with Crippen molar-refractivity contribution in [3.63, 3.8) is 0 Å². The standard InChI is InChI=1S/C13H23N5/c1-10(18-6-4-3-5-7-18)9-15-13-8-12(14)16-11(2)17-13/h8,10H,3-7,9H2,1-2H3,(H3,14,15,16,17). The van der Waals surface area contributed by atoms with Crippen LogP contribution in [0.5, 0.6) is 0 Å². The number of nitrogen functional groups attached to an aromatic ring is 1. The third kappa shape index (κ3) is 3.57. The molecule has 1 saturated heterocycles. The number of aryl methyl sites for hydroxylation is 1. The molecular formula is C13H23N5. The summed E-state index contributed by atoms with van der Waals surface area (Å²) in [6.07, 6.45) is 4.02. The molecule has 100 valence electrons. The zero-order valence-corrected chi connectivity index (χ0v) is 11.3. The molecule has 0 bridgehead atoms. The highest BCUT2D eigenvalue weighted by atomic mass is 15.2. The summed E-state index contributed by atoms with van der Waals surface area (Å²) in [5, 5.41) is 3.35. The van der Waals surface area contributed by atoms with Gasteiger partial charge in [-0.25, -0.2) is 9.97 Å². The van der Waals surface area contributed by atoms with E-state index in [1.54, 1.807) is 6.07 Å². The number of hydrogen-bond donors (Lipinski definition) is 2. The number of nitrogens with zero attached hydrogens (tertiary/aromatic N) is 3. The fourth-order valence-corrected chi connectivity index (χ4v) is 2.42. The largest absolute Gasteiger partial charge is 0.384 e. The van der Waals surface area contributed by atoms with Crippen LogP contribution in [0.1, 0.15) is 32.0 Å². The Balaban J connectivity index is 1.86. The summed E-state index contributed by atoms with van der Waals surface area (Å²) in [5.74, 6) is 2.06. The molecular weight excluding hydrogens is 226 g/mol. The topological polar surface area (TPSA) is 67.1 Å². The molecule has 1 aromatic heterocycles. The van der Waals surface area contributed by atoms with Gasteiger partial charge in [-0.1, -0.05) is 6.42 Å². The van der Waals surface area contributed by atoms with Crippen LogP contribution < -0.4 is 11.1 Å². The van der Waals surface area contributed by atoms with Gasteiger partial charge in [0, 0.05) is 18.7 Å². The van der Waals surface area contributed by atoms with Gasteiger partial charge in [-0.05, 0) is 39.8 Å². The fourth-order valence-electron chi connectivity index (χ4n) is 2.42. The van der Waals surface area contributed by atoms with Crippen molar-refractivity contribution in [1.82, 2.24) is 14.9 Å². The average Bonchev–Trinajstić information content (AvgIpc) is 2.36. The van der Waals surface area contributed by atoms with Gasteiger partial charge in [-0.3, -0.25) is 4.90 Å². The number of piperidine rings is 1. The first-order valence-corrected chi connectivity index (χ1v) is 6.74. The van der Waals surface area contributed by atoms with Crippen molar-refractivity contribution in [2.24, 2.45) is 0 Å². The highest BCUT2D eigenvalue weighted by molar-refractivity contribution is 5.44. The van der Waals surface area contributed by atoms with E-state index >= 15 is 0 Å². The lowest BCUT2D eigenvalue weighted by Gasteiger charge is -2.32. The maximum atomic E-state index is 5.71. The van der Waals surface area contributed by atoms with Gasteiger partial charge in [-0.2, -0.15) is 0 Å². The Morgan fingerprint density at radius 3 is 2.72 bits per heavy atom. The maximum absolute atomic E-state index is 5.71. The average molecular weight is 249 g/mol. The molecule has 18 heavy (non-hydrogen) atoms. The van der Waals surface area contributed by atoms with E-state index in [2.05, 4.69) is 27.1 Å². The normalized spacial score (nSPS) is 18.6. The third-order valence-electron chi connectivity index (χ3n) is 3.45. The second-order valence-electron chi connectivity index (χ2n) is 5.05. The summed E-state index contributed by atoms with van der Waals surface area (Å²) >= 11 is 0. The van der Waals surface area contributed by atoms with E-state index < -0.39 is 0 Å². The minimum Gasteiger partial charge on any atom is -0.384 e. The Hall–Kier alpha value is -1.36. The summed E-state index contributed by atoms with van der Waals surface area (Å²) in [4.78, 5) is 10.9. The van der Waals surface area contributed by atoms with E-state index in [1.807, 2.05) is 6.92 Å². The summed E-state index contributed by atoms with van der Waals surface area (Å²) in [5.41, 5.74) is 5.71. The van der Waals surface area contributed by atoms with Crippen molar-refractivity contribution in [2.75, 3.05) is 30.7 Å². The van der Waals surface area contributed by atoms with E-state index in [9.17, 15) is 0 Å². The molecule has 0 aromatic carbocycles. The molecule has 1 atom stereocenters. The van der Waals surface area contributed by atoms with E-state index in [0.29, 0.717) is 17.7 Å². The molecule has 3 N–H and O–H groups in total. The number of aromatic nitrogens is 2. The predicted molar refractivity (Wildman–Crippen MR) is 74.6 cm³/mol. The Kier molecular flexibility index (Phi) is 4.36. The third-order valence-corrected chi connectivity index (χ3v) is 3.45. The Labute approximate surface area is 109 Å². The van der Waals surface area contributed by atoms with Crippen molar-refractivity contribution in [2.45, 2.75) is 39.2 Å². The smallest absolute Gasteiger partial charge is 0.131 e. The molecule has 1 fully saturated rings. The summed E-state index contributed by atoms with van der Waals surface area (Å²) in [6.45, 7) is 7.45. The van der Waals surface area contributed by atoms with Crippen molar-refractivity contribution in [1.29, 1.82) is 0 Å². The second kappa shape index (κ2) is 6.00. The maximum Gasteiger partial charge on any atom is 0.131 e. The van der Waals surface area contributed by atoms with Gasteiger partial charge in [0.05, 0.1) is 0 Å². The molecule has 5 heteroatoms. The zero-order chi connectivity index (χ0) is 13.0. The minimum atomic E-state index is 0.524. The first kappa shape index (κ1) is 13.1. The molecule has 1 aromatic rings. The number of likely N-dealkylation sites (tertiary alicyclic amines) is 1. The van der Waals surface area contributed by atoms with Gasteiger partial charge in [0.2, 0.25) is 0 Å². The van der Waals surface area contributed by atoms with Crippen molar-refractivity contribution in [3.05, 3.63) is 11.9 Å². The minimum absolute atomic E-state index is 0.524. The van der Waals surface area contributed by atoms with Crippen LogP contribution in [-0.4, -0.2) is 40.5 Å². The van der Waals surface area contributed by atoms with Gasteiger partial charge >= 0.3 is 0 Å². The van der Waals surface area contributed by atoms with Gasteiger partial charge in [0.25, 0.3) is 0 Å². The van der Waals surface area contributed by atoms with Crippen LogP contribution in [0.2, 0.25) is 0 Å². The number of nitrogens with two attached hydrogens (primary N) is 1. The molecule has 1 aliphatic rings. The van der Waals surface area contributed by atoms with Gasteiger partial charge in [-0.15, -0.1) is 0 Å². The number of anilines is 2. The van der Waals surface area contributed by atoms with Crippen LogP contribution in [0, 0.1) is 6.92 Å². The molecule has 2 heterocycles. The van der Waals surface area contributed by atoms with Gasteiger partial charge < -0.3 is 11.1 Å². The molecule has 1 unspecified atom stereocenters. The lowest BCUT2D eigenvalue weighted by atomic mass is 10.1. The summed E-state index contributed by atoms with van der Waals surface area (Å²) < 4.78 is 0. The monoisotopic (exact) mass is 249 g/mol. The lowest BCUT2D eigenvalue weighted by Crippen LogP contribution is -2.41. The molecule has 5 nitrogen and oxygen atoms in total. The van der Waals surface area contributed by atoms with E-state index in [4.69, 9.17) is 5.73 Å². The SMILES string of the molecule is Cc1nc(N)cc(NCC(C)N2CCCCC2)n1. The van der Waals surface area contributed by atoms with Crippen molar-refractivity contribution >= 4 is 11.6 Å². The number of hydrogen-bond acceptors (Lipinski definition) is 5. The van der Waals surface area contributed by atoms with Crippen LogP contribution in [0.15, 0.2) is 6.07 Å². The van der Waals surface area contributed by atoms with E-state index in [-0.39, 0.29) is 0 Å². The molecule has 0 radical (unpaired) electrons. The Bertz CT molecular complexity index is 367. The van der Waals surface area contributed by atoms with Crippen LogP contribution in [0.4, 0.5) is 11.6 Å². The van der Waals surface area contributed by atoms with Crippen LogP contribution >= 0.6 is 0 Å². The predicted octanol–water partition coefficient (Wildman–Crippen LogP) is 1.65. The number of nitrogens with one attached hydrogen (secondary N) is 1. The quantitative estimate of drug-likeness (QED) is 0.849. The van der Waals surface area contributed by atoms with E-state index in [0.717, 1.165) is 12.4 Å². The molecule has 0 spiro atoms. The van der Waals surface area contributed by atoms with Gasteiger partial charge in [0.15, 0.2) is 0 Å². The van der Waals surface area contributed by atoms with Crippen molar-refractivity contribution in [3.8, 4) is 0 Å². The zero-order valence-electron chi connectivity index (χ0n) is 11.3. The fraction of sp³-hybridized carbons (Fsp3) is 0.692. The van der Waals surface area contributed by atoms with Gasteiger partial charge in [0.1, 0.15) is 17.5 Å². The number of rotatable bonds is 4. The molecule has 0 amide bonds. The highest BCUT2D eigenvalue weighted by Crippen LogP contribution is 2.13. The van der Waals surface area contributed by atoms with Crippen LogP contribution in [0.3, 0.4) is 0 Å². The van der Waals surface area contributed by atoms with Crippen molar-refractivity contribution < 1.29 is 0 Å². The van der Waals surface area contributed by atoms with E-state index in [1.165, 1.54) is 32.4 Å². The Morgan fingerprint density at radius 2 is 2.06 bits per heavy atom. The van der Waals surface area contributed by atoms with Crippen LogP contribution in [-0.2, 0) is 0 Å².